The molecule has 0 aliphatic heterocycles. The van der Waals surface area contributed by atoms with Crippen LogP contribution in [-0.4, -0.2) is 30.0 Å². The molecule has 1 unspecified atom stereocenters. The van der Waals surface area contributed by atoms with Gasteiger partial charge in [-0.25, -0.2) is 0 Å². The average Bonchev–Trinajstić information content (AvgIpc) is 2.70. The minimum atomic E-state index is -0.529. The van der Waals surface area contributed by atoms with E-state index in [1.807, 2.05) is 41.5 Å². The van der Waals surface area contributed by atoms with Crippen LogP contribution in [0, 0.1) is 0 Å². The molecule has 32 heavy (non-hydrogen) atoms. The molecule has 0 amide bonds. The second-order valence-electron chi connectivity index (χ2n) is 8.86. The maximum absolute atomic E-state index is 12.2. The minimum absolute atomic E-state index is 0.0241. The van der Waals surface area contributed by atoms with Gasteiger partial charge in [-0.2, -0.15) is 0 Å². The topological polar surface area (TPSA) is 90.9 Å². The van der Waals surface area contributed by atoms with E-state index in [9.17, 15) is 14.4 Å². The van der Waals surface area contributed by atoms with Crippen molar-refractivity contribution < 1.29 is 28.6 Å². The lowest BCUT2D eigenvalue weighted by Crippen LogP contribution is -2.39. The summed E-state index contributed by atoms with van der Waals surface area (Å²) in [6.45, 7) is 12.2. The van der Waals surface area contributed by atoms with Gasteiger partial charge < -0.3 is 19.5 Å². The van der Waals surface area contributed by atoms with Gasteiger partial charge in [-0.3, -0.25) is 14.4 Å². The van der Waals surface area contributed by atoms with Crippen LogP contribution < -0.4 is 10.1 Å². The summed E-state index contributed by atoms with van der Waals surface area (Å²) in [5, 5.41) is 3.37. The van der Waals surface area contributed by atoms with Gasteiger partial charge in [0.15, 0.2) is 0 Å². The van der Waals surface area contributed by atoms with Crippen molar-refractivity contribution in [3.8, 4) is 5.75 Å². The lowest BCUT2D eigenvalue weighted by atomic mass is 10.0. The Bertz CT molecular complexity index is 753. The predicted molar refractivity (Wildman–Crippen MR) is 123 cm³/mol. The number of carbonyl (C=O) groups excluding carboxylic acids is 3. The third-order valence-electron chi connectivity index (χ3n) is 4.52. The van der Waals surface area contributed by atoms with Crippen molar-refractivity contribution >= 4 is 17.9 Å². The summed E-state index contributed by atoms with van der Waals surface area (Å²) < 4.78 is 16.6. The fourth-order valence-electron chi connectivity index (χ4n) is 2.87. The number of benzene rings is 1. The van der Waals surface area contributed by atoms with Crippen molar-refractivity contribution in [2.24, 2.45) is 0 Å². The van der Waals surface area contributed by atoms with Crippen molar-refractivity contribution in [2.75, 3.05) is 6.54 Å². The summed E-state index contributed by atoms with van der Waals surface area (Å²) in [6.07, 6.45) is 2.47. The van der Waals surface area contributed by atoms with Gasteiger partial charge in [-0.15, -0.1) is 0 Å². The van der Waals surface area contributed by atoms with Gasteiger partial charge in [0.25, 0.3) is 0 Å². The van der Waals surface area contributed by atoms with E-state index in [-0.39, 0.29) is 30.1 Å². The SMILES string of the molecule is CCCC(=O)OCc1cc(C(CNC(C)(C)C)OC(=O)CCC)ccc1OC(=O)CCC. The Morgan fingerprint density at radius 3 is 2.09 bits per heavy atom. The van der Waals surface area contributed by atoms with E-state index >= 15 is 0 Å². The van der Waals surface area contributed by atoms with Gasteiger partial charge in [0.2, 0.25) is 0 Å². The normalized spacial score (nSPS) is 12.2. The number of hydrogen-bond donors (Lipinski definition) is 1. The number of hydrogen-bond acceptors (Lipinski definition) is 7. The van der Waals surface area contributed by atoms with Crippen LogP contribution in [0.15, 0.2) is 18.2 Å². The van der Waals surface area contributed by atoms with Crippen LogP contribution in [0.25, 0.3) is 0 Å². The zero-order chi connectivity index (χ0) is 24.1. The Morgan fingerprint density at radius 1 is 0.906 bits per heavy atom. The first kappa shape index (κ1) is 27.6. The Kier molecular flexibility index (Phi) is 12.0. The number of nitrogens with one attached hydrogen (secondary N) is 1. The van der Waals surface area contributed by atoms with Crippen LogP contribution in [0.5, 0.6) is 5.75 Å². The summed E-state index contributed by atoms with van der Waals surface area (Å²) in [5.41, 5.74) is 1.13. The molecule has 0 bridgehead atoms. The molecule has 0 saturated carbocycles. The molecule has 1 aromatic carbocycles. The van der Waals surface area contributed by atoms with Gasteiger partial charge in [-0.05, 0) is 57.7 Å². The zero-order valence-electron chi connectivity index (χ0n) is 20.4. The van der Waals surface area contributed by atoms with Crippen molar-refractivity contribution in [1.82, 2.24) is 5.32 Å². The second-order valence-corrected chi connectivity index (χ2v) is 8.86. The van der Waals surface area contributed by atoms with Crippen LogP contribution in [0.1, 0.15) is 97.3 Å². The standard InChI is InChI=1S/C25H39NO6/c1-7-10-22(27)30-17-19-15-18(13-14-20(19)31-23(28)11-8-2)21(16-26-25(4,5)6)32-24(29)12-9-3/h13-15,21,26H,7-12,16-17H2,1-6H3. The molecule has 1 N–H and O–H groups in total. The summed E-state index contributed by atoms with van der Waals surface area (Å²) in [4.78, 5) is 36.2. The van der Waals surface area contributed by atoms with Crippen LogP contribution in [0.3, 0.4) is 0 Å². The molecule has 7 nitrogen and oxygen atoms in total. The molecule has 0 fully saturated rings. The Balaban J connectivity index is 3.20. The molecule has 0 heterocycles. The monoisotopic (exact) mass is 449 g/mol. The highest BCUT2D eigenvalue weighted by Crippen LogP contribution is 2.27. The zero-order valence-corrected chi connectivity index (χ0v) is 20.4. The van der Waals surface area contributed by atoms with Crippen LogP contribution >= 0.6 is 0 Å². The summed E-state index contributed by atoms with van der Waals surface area (Å²) in [7, 11) is 0. The Labute approximate surface area is 192 Å². The first-order valence-electron chi connectivity index (χ1n) is 11.5. The summed E-state index contributed by atoms with van der Waals surface area (Å²) in [5.74, 6) is -0.590. The van der Waals surface area contributed by atoms with Crippen LogP contribution in [0.4, 0.5) is 0 Å². The summed E-state index contributed by atoms with van der Waals surface area (Å²) >= 11 is 0. The second kappa shape index (κ2) is 13.9. The lowest BCUT2D eigenvalue weighted by molar-refractivity contribution is -0.149. The molecular formula is C25H39NO6. The molecule has 0 spiro atoms. The fraction of sp³-hybridized carbons (Fsp3) is 0.640. The predicted octanol–water partition coefficient (Wildman–Crippen LogP) is 5.01. The molecule has 1 rings (SSSR count). The minimum Gasteiger partial charge on any atom is -0.461 e. The molecule has 0 aliphatic rings. The highest BCUT2D eigenvalue weighted by molar-refractivity contribution is 5.73. The first-order chi connectivity index (χ1) is 15.1. The van der Waals surface area contributed by atoms with Crippen LogP contribution in [0.2, 0.25) is 0 Å². The maximum atomic E-state index is 12.2. The third-order valence-corrected chi connectivity index (χ3v) is 4.52. The number of esters is 3. The first-order valence-corrected chi connectivity index (χ1v) is 11.5. The van der Waals surface area contributed by atoms with E-state index in [0.29, 0.717) is 56.4 Å². The smallest absolute Gasteiger partial charge is 0.311 e. The number of rotatable bonds is 13. The molecule has 1 atom stereocenters. The van der Waals surface area contributed by atoms with Gasteiger partial charge in [-0.1, -0.05) is 26.8 Å². The summed E-state index contributed by atoms with van der Waals surface area (Å²) in [6, 6.07) is 5.23. The van der Waals surface area contributed by atoms with E-state index in [1.54, 1.807) is 18.2 Å². The van der Waals surface area contributed by atoms with Gasteiger partial charge in [0.1, 0.15) is 18.5 Å². The molecule has 7 heteroatoms. The highest BCUT2D eigenvalue weighted by Gasteiger charge is 2.22. The molecule has 0 saturated heterocycles. The van der Waals surface area contributed by atoms with Crippen LogP contribution in [-0.2, 0) is 30.5 Å². The molecule has 0 radical (unpaired) electrons. The molecule has 0 aliphatic carbocycles. The molecular weight excluding hydrogens is 410 g/mol. The van der Waals surface area contributed by atoms with Crippen molar-refractivity contribution in [3.05, 3.63) is 29.3 Å². The number of ether oxygens (including phenoxy) is 3. The van der Waals surface area contributed by atoms with Gasteiger partial charge >= 0.3 is 17.9 Å². The van der Waals surface area contributed by atoms with Gasteiger partial charge in [0, 0.05) is 36.9 Å². The van der Waals surface area contributed by atoms with E-state index in [2.05, 4.69) is 5.32 Å². The maximum Gasteiger partial charge on any atom is 0.311 e. The van der Waals surface area contributed by atoms with Crippen molar-refractivity contribution in [3.63, 3.8) is 0 Å². The fourth-order valence-corrected chi connectivity index (χ4v) is 2.87. The Morgan fingerprint density at radius 2 is 1.50 bits per heavy atom. The lowest BCUT2D eigenvalue weighted by Gasteiger charge is -2.26. The third kappa shape index (κ3) is 10.8. The molecule has 1 aromatic rings. The molecule has 180 valence electrons. The largest absolute Gasteiger partial charge is 0.461 e. The average molecular weight is 450 g/mol. The van der Waals surface area contributed by atoms with Gasteiger partial charge in [0.05, 0.1) is 0 Å². The van der Waals surface area contributed by atoms with Crippen molar-refractivity contribution in [1.29, 1.82) is 0 Å². The van der Waals surface area contributed by atoms with E-state index in [4.69, 9.17) is 14.2 Å². The van der Waals surface area contributed by atoms with Crippen molar-refractivity contribution in [2.45, 2.75) is 98.3 Å². The quantitative estimate of drug-likeness (QED) is 0.334. The molecule has 0 aromatic heterocycles. The Hall–Kier alpha value is -2.41. The van der Waals surface area contributed by atoms with E-state index in [0.717, 1.165) is 5.56 Å². The highest BCUT2D eigenvalue weighted by atomic mass is 16.6. The van der Waals surface area contributed by atoms with E-state index in [1.165, 1.54) is 0 Å². The van der Waals surface area contributed by atoms with E-state index < -0.39 is 6.10 Å². The number of carbonyl (C=O) groups is 3.